The highest BCUT2D eigenvalue weighted by Crippen LogP contribution is 2.21. The van der Waals surface area contributed by atoms with E-state index in [1.54, 1.807) is 12.5 Å². The fraction of sp³-hybridized carbons (Fsp3) is 0.444. The lowest BCUT2D eigenvalue weighted by atomic mass is 10.2. The topological polar surface area (TPSA) is 68.3 Å². The number of pyridine rings is 1. The molecule has 2 atom stereocenters. The van der Waals surface area contributed by atoms with Crippen molar-refractivity contribution in [1.82, 2.24) is 4.98 Å². The van der Waals surface area contributed by atoms with Gasteiger partial charge < -0.3 is 0 Å². The van der Waals surface area contributed by atoms with Crippen molar-refractivity contribution in [2.45, 2.75) is 19.1 Å². The molecule has 1 aromatic heterocycles. The van der Waals surface area contributed by atoms with Gasteiger partial charge in [-0.3, -0.25) is 4.98 Å². The Morgan fingerprint density at radius 1 is 1.57 bits per heavy atom. The van der Waals surface area contributed by atoms with Gasteiger partial charge in [0.25, 0.3) is 0 Å². The maximum atomic E-state index is 11.8. The summed E-state index contributed by atoms with van der Waals surface area (Å²) in [6.45, 7) is 3.75. The van der Waals surface area contributed by atoms with Crippen LogP contribution in [0.3, 0.4) is 0 Å². The molecule has 1 rings (SSSR count). The first-order valence-electron chi connectivity index (χ1n) is 4.30. The second-order valence-electron chi connectivity index (χ2n) is 3.34. The fourth-order valence-electron chi connectivity index (χ4n) is 1.06. The van der Waals surface area contributed by atoms with Crippen LogP contribution >= 0.6 is 0 Å². The van der Waals surface area contributed by atoms with E-state index in [4.69, 9.17) is 5.84 Å². The lowest BCUT2D eigenvalue weighted by molar-refractivity contribution is 0.671. The van der Waals surface area contributed by atoms with Gasteiger partial charge in [0.2, 0.25) is 0 Å². The summed E-state index contributed by atoms with van der Waals surface area (Å²) in [6.07, 6.45) is 3.27. The second kappa shape index (κ2) is 4.06. The fourth-order valence-corrected chi connectivity index (χ4v) is 1.89. The van der Waals surface area contributed by atoms with Crippen molar-refractivity contribution in [2.24, 2.45) is 10.3 Å². The Labute approximate surface area is 84.7 Å². The molecule has 0 bridgehead atoms. The average molecular weight is 213 g/mol. The van der Waals surface area contributed by atoms with Gasteiger partial charge in [0.05, 0.1) is 15.0 Å². The summed E-state index contributed by atoms with van der Waals surface area (Å²) in [5.41, 5.74) is 1.84. The molecule has 0 aromatic carbocycles. The van der Waals surface area contributed by atoms with Gasteiger partial charge in [0, 0.05) is 18.1 Å². The third-order valence-electron chi connectivity index (χ3n) is 2.27. The summed E-state index contributed by atoms with van der Waals surface area (Å²) in [5, 5.41) is -0.194. The maximum Gasteiger partial charge on any atom is 0.0677 e. The van der Waals surface area contributed by atoms with Gasteiger partial charge in [0.1, 0.15) is 0 Å². The molecule has 14 heavy (non-hydrogen) atoms. The third-order valence-corrected chi connectivity index (χ3v) is 4.27. The minimum Gasteiger partial charge on any atom is -0.261 e. The molecule has 2 unspecified atom stereocenters. The molecular weight excluding hydrogens is 198 g/mol. The van der Waals surface area contributed by atoms with Crippen molar-refractivity contribution in [3.05, 3.63) is 29.6 Å². The largest absolute Gasteiger partial charge is 0.261 e. The van der Waals surface area contributed by atoms with E-state index < -0.39 is 9.73 Å². The van der Waals surface area contributed by atoms with E-state index in [-0.39, 0.29) is 5.25 Å². The highest BCUT2D eigenvalue weighted by Gasteiger charge is 2.15. The van der Waals surface area contributed by atoms with Crippen molar-refractivity contribution >= 4 is 9.73 Å². The van der Waals surface area contributed by atoms with Crippen LogP contribution in [0.4, 0.5) is 0 Å². The van der Waals surface area contributed by atoms with E-state index in [0.717, 1.165) is 11.3 Å². The smallest absolute Gasteiger partial charge is 0.0677 e. The van der Waals surface area contributed by atoms with E-state index in [1.807, 2.05) is 26.0 Å². The summed E-state index contributed by atoms with van der Waals surface area (Å²) >= 11 is 0. The molecule has 0 radical (unpaired) electrons. The molecule has 0 saturated heterocycles. The molecule has 0 amide bonds. The first-order valence-corrected chi connectivity index (χ1v) is 6.28. The zero-order valence-electron chi connectivity index (χ0n) is 8.60. The van der Waals surface area contributed by atoms with Gasteiger partial charge >= 0.3 is 0 Å². The Morgan fingerprint density at radius 3 is 2.64 bits per heavy atom. The van der Waals surface area contributed by atoms with Crippen molar-refractivity contribution < 1.29 is 4.21 Å². The summed E-state index contributed by atoms with van der Waals surface area (Å²) in [6, 6.07) is 3.79. The first kappa shape index (κ1) is 11.1. The van der Waals surface area contributed by atoms with Crippen molar-refractivity contribution in [3.8, 4) is 0 Å². The Bertz CT molecular complexity index is 418. The minimum atomic E-state index is -2.35. The third kappa shape index (κ3) is 2.30. The van der Waals surface area contributed by atoms with Crippen LogP contribution in [0.5, 0.6) is 0 Å². The van der Waals surface area contributed by atoms with Crippen molar-refractivity contribution in [1.29, 1.82) is 0 Å². The number of hydrogen-bond donors (Lipinski definition) is 1. The van der Waals surface area contributed by atoms with Crippen molar-refractivity contribution in [2.75, 3.05) is 6.26 Å². The molecule has 0 aliphatic heterocycles. The summed E-state index contributed by atoms with van der Waals surface area (Å²) < 4.78 is 15.2. The molecule has 2 N–H and O–H groups in total. The molecule has 0 fully saturated rings. The quantitative estimate of drug-likeness (QED) is 0.596. The number of aryl methyl sites for hydroxylation is 1. The lowest BCUT2D eigenvalue weighted by Crippen LogP contribution is -2.10. The predicted molar refractivity (Wildman–Crippen MR) is 58.1 cm³/mol. The van der Waals surface area contributed by atoms with E-state index in [2.05, 4.69) is 9.46 Å². The van der Waals surface area contributed by atoms with Crippen LogP contribution in [-0.2, 0) is 9.73 Å². The molecule has 0 spiro atoms. The zero-order chi connectivity index (χ0) is 10.8. The van der Waals surface area contributed by atoms with Gasteiger partial charge in [-0.15, -0.1) is 0 Å². The number of rotatable bonds is 2. The van der Waals surface area contributed by atoms with E-state index in [9.17, 15) is 4.21 Å². The Balaban J connectivity index is 3.08. The Kier molecular flexibility index (Phi) is 3.23. The molecule has 1 aromatic rings. The van der Waals surface area contributed by atoms with Gasteiger partial charge in [-0.2, -0.15) is 4.47 Å². The van der Waals surface area contributed by atoms with Gasteiger partial charge in [0.15, 0.2) is 0 Å². The molecule has 4 nitrogen and oxygen atoms in total. The highest BCUT2D eigenvalue weighted by molar-refractivity contribution is 7.93. The average Bonchev–Trinajstić information content (AvgIpc) is 2.18. The monoisotopic (exact) mass is 213 g/mol. The summed E-state index contributed by atoms with van der Waals surface area (Å²) in [5.74, 6) is 5.10. The van der Waals surface area contributed by atoms with Crippen LogP contribution in [0.15, 0.2) is 22.8 Å². The molecule has 78 valence electrons. The van der Waals surface area contributed by atoms with Crippen LogP contribution in [0.2, 0.25) is 0 Å². The van der Waals surface area contributed by atoms with Crippen LogP contribution in [0.25, 0.3) is 0 Å². The van der Waals surface area contributed by atoms with Gasteiger partial charge in [-0.1, -0.05) is 6.07 Å². The molecular formula is C9H15N3OS. The standard InChI is InChI=1S/C9H15N3OS/c1-7-4-5-9(6-11-7)8(2)14(3,13)12-10/h4-6,8H,10H2,1-3H3. The SMILES string of the molecule is Cc1ccc(C(C)S(C)(=O)=NN)cn1. The number of hydrogen-bond acceptors (Lipinski definition) is 3. The van der Waals surface area contributed by atoms with Crippen LogP contribution in [0, 0.1) is 6.92 Å². The highest BCUT2D eigenvalue weighted by atomic mass is 32.2. The molecule has 5 heteroatoms. The van der Waals surface area contributed by atoms with E-state index in [1.165, 1.54) is 0 Å². The van der Waals surface area contributed by atoms with Gasteiger partial charge in [-0.05, 0) is 25.5 Å². The summed E-state index contributed by atoms with van der Waals surface area (Å²) in [4.78, 5) is 4.14. The number of nitrogens with zero attached hydrogens (tertiary/aromatic N) is 2. The van der Waals surface area contributed by atoms with E-state index >= 15 is 0 Å². The second-order valence-corrected chi connectivity index (χ2v) is 5.98. The Morgan fingerprint density at radius 2 is 2.21 bits per heavy atom. The predicted octanol–water partition coefficient (Wildman–Crippen LogP) is 1.42. The Hall–Kier alpha value is -0.940. The minimum absolute atomic E-state index is 0.194. The van der Waals surface area contributed by atoms with Gasteiger partial charge in [-0.25, -0.2) is 10.1 Å². The summed E-state index contributed by atoms with van der Waals surface area (Å²) in [7, 11) is -2.35. The molecule has 0 aliphatic carbocycles. The van der Waals surface area contributed by atoms with Crippen LogP contribution < -0.4 is 5.84 Å². The van der Waals surface area contributed by atoms with Crippen LogP contribution in [-0.4, -0.2) is 15.4 Å². The lowest BCUT2D eigenvalue weighted by Gasteiger charge is -2.12. The van der Waals surface area contributed by atoms with Crippen LogP contribution in [0.1, 0.15) is 23.4 Å². The van der Waals surface area contributed by atoms with Crippen molar-refractivity contribution in [3.63, 3.8) is 0 Å². The molecule has 0 saturated carbocycles. The van der Waals surface area contributed by atoms with E-state index in [0.29, 0.717) is 0 Å². The normalized spacial score (nSPS) is 17.1. The zero-order valence-corrected chi connectivity index (χ0v) is 9.41. The first-order chi connectivity index (χ1) is 6.47. The maximum absolute atomic E-state index is 11.8. The molecule has 0 aliphatic rings. The molecule has 1 heterocycles. The number of aromatic nitrogens is 1. The number of nitrogens with two attached hydrogens (primary N) is 1.